The van der Waals surface area contributed by atoms with Crippen LogP contribution in [0.15, 0.2) is 12.2 Å². The van der Waals surface area contributed by atoms with E-state index in [1.165, 1.54) is 12.8 Å². The molecule has 3 atom stereocenters. The summed E-state index contributed by atoms with van der Waals surface area (Å²) >= 11 is 4.25. The molecule has 0 N–H and O–H groups in total. The van der Waals surface area contributed by atoms with Crippen LogP contribution >= 0.6 is 12.6 Å². The van der Waals surface area contributed by atoms with Crippen LogP contribution in [0.25, 0.3) is 0 Å². The first-order valence-corrected chi connectivity index (χ1v) is 6.02. The zero-order valence-corrected chi connectivity index (χ0v) is 10.3. The number of allylic oxidation sites excluding steroid dienone is 2. The lowest BCUT2D eigenvalue weighted by atomic mass is 9.94. The van der Waals surface area contributed by atoms with E-state index in [9.17, 15) is 0 Å². The molecule has 0 saturated carbocycles. The fraction of sp³-hybridized carbons (Fsp3) is 0.833. The highest BCUT2D eigenvalue weighted by Crippen LogP contribution is 2.16. The van der Waals surface area contributed by atoms with Crippen molar-refractivity contribution in [3.8, 4) is 0 Å². The molecule has 0 fully saturated rings. The van der Waals surface area contributed by atoms with Gasteiger partial charge in [0.25, 0.3) is 0 Å². The lowest BCUT2D eigenvalue weighted by molar-refractivity contribution is 0.454. The van der Waals surface area contributed by atoms with Crippen LogP contribution in [-0.2, 0) is 0 Å². The Morgan fingerprint density at radius 1 is 1.08 bits per heavy atom. The highest BCUT2D eigenvalue weighted by Gasteiger charge is 2.03. The van der Waals surface area contributed by atoms with Crippen molar-refractivity contribution in [1.29, 1.82) is 0 Å². The number of thiol groups is 1. The van der Waals surface area contributed by atoms with Crippen molar-refractivity contribution in [2.75, 3.05) is 5.75 Å². The van der Waals surface area contributed by atoms with E-state index in [1.54, 1.807) is 0 Å². The van der Waals surface area contributed by atoms with Gasteiger partial charge < -0.3 is 0 Å². The molecule has 0 nitrogen and oxygen atoms in total. The fourth-order valence-electron chi connectivity index (χ4n) is 1.32. The van der Waals surface area contributed by atoms with Gasteiger partial charge >= 0.3 is 0 Å². The summed E-state index contributed by atoms with van der Waals surface area (Å²) in [6.07, 6.45) is 7.24. The molecule has 0 aliphatic heterocycles. The molecule has 0 rings (SSSR count). The van der Waals surface area contributed by atoms with Gasteiger partial charge in [-0.2, -0.15) is 12.6 Å². The van der Waals surface area contributed by atoms with Crippen molar-refractivity contribution in [2.24, 2.45) is 17.8 Å². The first-order chi connectivity index (χ1) is 6.10. The van der Waals surface area contributed by atoms with Crippen LogP contribution in [0.4, 0.5) is 0 Å². The van der Waals surface area contributed by atoms with Gasteiger partial charge in [0.2, 0.25) is 0 Å². The molecule has 0 spiro atoms. The largest absolute Gasteiger partial charge is 0.179 e. The second kappa shape index (κ2) is 7.49. The second-order valence-corrected chi connectivity index (χ2v) is 4.64. The molecule has 0 aromatic carbocycles. The van der Waals surface area contributed by atoms with E-state index in [0.29, 0.717) is 5.92 Å². The predicted molar refractivity (Wildman–Crippen MR) is 65.4 cm³/mol. The van der Waals surface area contributed by atoms with Gasteiger partial charge in [-0.05, 0) is 29.9 Å². The summed E-state index contributed by atoms with van der Waals surface area (Å²) in [5, 5.41) is 0. The van der Waals surface area contributed by atoms with E-state index in [0.717, 1.165) is 17.6 Å². The van der Waals surface area contributed by atoms with Gasteiger partial charge in [-0.3, -0.25) is 0 Å². The van der Waals surface area contributed by atoms with E-state index in [4.69, 9.17) is 0 Å². The van der Waals surface area contributed by atoms with Crippen molar-refractivity contribution in [1.82, 2.24) is 0 Å². The average molecular weight is 200 g/mol. The molecule has 0 amide bonds. The topological polar surface area (TPSA) is 0 Å². The van der Waals surface area contributed by atoms with Crippen molar-refractivity contribution < 1.29 is 0 Å². The van der Waals surface area contributed by atoms with Crippen molar-refractivity contribution >= 4 is 12.6 Å². The van der Waals surface area contributed by atoms with E-state index >= 15 is 0 Å². The maximum Gasteiger partial charge on any atom is -0.00375 e. The number of hydrogen-bond donors (Lipinski definition) is 1. The Kier molecular flexibility index (Phi) is 7.54. The number of rotatable bonds is 6. The molecule has 13 heavy (non-hydrogen) atoms. The zero-order valence-electron chi connectivity index (χ0n) is 9.46. The molecule has 1 heteroatoms. The Bertz CT molecular complexity index is 140. The first-order valence-electron chi connectivity index (χ1n) is 5.39. The minimum atomic E-state index is 0.614. The Hall–Kier alpha value is 0.0900. The van der Waals surface area contributed by atoms with Crippen molar-refractivity contribution in [2.45, 2.75) is 40.5 Å². The van der Waals surface area contributed by atoms with Crippen molar-refractivity contribution in [3.63, 3.8) is 0 Å². The Labute approximate surface area is 89.2 Å². The Balaban J connectivity index is 3.72. The third kappa shape index (κ3) is 7.18. The molecule has 0 aliphatic rings. The van der Waals surface area contributed by atoms with Crippen LogP contribution in [0.1, 0.15) is 40.5 Å². The van der Waals surface area contributed by atoms with Gasteiger partial charge in [0, 0.05) is 0 Å². The van der Waals surface area contributed by atoms with Gasteiger partial charge in [0.05, 0.1) is 0 Å². The molecule has 78 valence electrons. The molecule has 0 aromatic rings. The summed E-state index contributed by atoms with van der Waals surface area (Å²) in [5.41, 5.74) is 0. The van der Waals surface area contributed by atoms with E-state index in [-0.39, 0.29) is 0 Å². The van der Waals surface area contributed by atoms with Crippen LogP contribution in [0.5, 0.6) is 0 Å². The van der Waals surface area contributed by atoms with Crippen LogP contribution in [0.2, 0.25) is 0 Å². The van der Waals surface area contributed by atoms with Gasteiger partial charge in [-0.25, -0.2) is 0 Å². The molecule has 0 heterocycles. The summed E-state index contributed by atoms with van der Waals surface area (Å²) in [5.74, 6) is 3.14. The second-order valence-electron chi connectivity index (χ2n) is 4.27. The van der Waals surface area contributed by atoms with Gasteiger partial charge in [-0.15, -0.1) is 0 Å². The maximum absolute atomic E-state index is 4.25. The third-order valence-corrected chi connectivity index (χ3v) is 3.10. The van der Waals surface area contributed by atoms with Crippen LogP contribution in [-0.4, -0.2) is 5.75 Å². The Morgan fingerprint density at radius 3 is 2.08 bits per heavy atom. The quantitative estimate of drug-likeness (QED) is 0.482. The Morgan fingerprint density at radius 2 is 1.62 bits per heavy atom. The highest BCUT2D eigenvalue weighted by atomic mass is 32.1. The molecule has 0 aliphatic carbocycles. The summed E-state index contributed by atoms with van der Waals surface area (Å²) < 4.78 is 0. The van der Waals surface area contributed by atoms with Gasteiger partial charge in [0.1, 0.15) is 0 Å². The molecule has 3 unspecified atom stereocenters. The van der Waals surface area contributed by atoms with Crippen LogP contribution in [0, 0.1) is 17.8 Å². The zero-order chi connectivity index (χ0) is 10.3. The molecule has 0 radical (unpaired) electrons. The smallest absolute Gasteiger partial charge is 0.00375 e. The monoisotopic (exact) mass is 200 g/mol. The van der Waals surface area contributed by atoms with E-state index in [1.807, 2.05) is 0 Å². The molecular weight excluding hydrogens is 176 g/mol. The maximum atomic E-state index is 4.25. The summed E-state index contributed by atoms with van der Waals surface area (Å²) in [6.45, 7) is 9.09. The standard InChI is InChI=1S/C12H24S/c1-5-10(2)8-11(3)6-7-12(4)9-13/h6-7,10-13H,5,8-9H2,1-4H3. The van der Waals surface area contributed by atoms with E-state index < -0.39 is 0 Å². The lowest BCUT2D eigenvalue weighted by Crippen LogP contribution is -2.00. The molecule has 0 aromatic heterocycles. The average Bonchev–Trinajstić information content (AvgIpc) is 2.13. The van der Waals surface area contributed by atoms with Gasteiger partial charge in [-0.1, -0.05) is 46.3 Å². The lowest BCUT2D eigenvalue weighted by Gasteiger charge is -2.12. The SMILES string of the molecule is CCC(C)CC(C)C=CC(C)CS. The fourth-order valence-corrected chi connectivity index (χ4v) is 1.44. The molecule has 0 saturated heterocycles. The first kappa shape index (κ1) is 13.1. The van der Waals surface area contributed by atoms with Crippen LogP contribution < -0.4 is 0 Å². The third-order valence-electron chi connectivity index (χ3n) is 2.53. The van der Waals surface area contributed by atoms with Crippen molar-refractivity contribution in [3.05, 3.63) is 12.2 Å². The van der Waals surface area contributed by atoms with E-state index in [2.05, 4.69) is 52.5 Å². The molecule has 0 bridgehead atoms. The predicted octanol–water partition coefficient (Wildman–Crippen LogP) is 4.18. The van der Waals surface area contributed by atoms with Gasteiger partial charge in [0.15, 0.2) is 0 Å². The normalized spacial score (nSPS) is 18.8. The summed E-state index contributed by atoms with van der Waals surface area (Å²) in [7, 11) is 0. The molecular formula is C12H24S. The highest BCUT2D eigenvalue weighted by molar-refractivity contribution is 7.80. The minimum absolute atomic E-state index is 0.614. The van der Waals surface area contributed by atoms with Crippen LogP contribution in [0.3, 0.4) is 0 Å². The number of hydrogen-bond acceptors (Lipinski definition) is 1. The summed E-state index contributed by atoms with van der Waals surface area (Å²) in [4.78, 5) is 0. The summed E-state index contributed by atoms with van der Waals surface area (Å²) in [6, 6.07) is 0. The minimum Gasteiger partial charge on any atom is -0.179 e.